The standard InChI is InChI=1S/C8H4NOS/c10-5-7-6-2-4-11-8(6)1-3-9-7/h1-4H. The van der Waals surface area contributed by atoms with E-state index in [1.54, 1.807) is 23.8 Å². The molecule has 0 N–H and O–H groups in total. The van der Waals surface area contributed by atoms with Crippen molar-refractivity contribution >= 4 is 27.7 Å². The summed E-state index contributed by atoms with van der Waals surface area (Å²) in [5.41, 5.74) is 0.406. The fraction of sp³-hybridized carbons (Fsp3) is 0. The second kappa shape index (κ2) is 2.43. The van der Waals surface area contributed by atoms with Gasteiger partial charge in [-0.25, -0.2) is 0 Å². The van der Waals surface area contributed by atoms with E-state index in [1.807, 2.05) is 17.5 Å². The highest BCUT2D eigenvalue weighted by Crippen LogP contribution is 2.20. The van der Waals surface area contributed by atoms with E-state index in [2.05, 4.69) is 4.98 Å². The predicted molar refractivity (Wildman–Crippen MR) is 44.4 cm³/mol. The van der Waals surface area contributed by atoms with Crippen molar-refractivity contribution in [2.75, 3.05) is 0 Å². The highest BCUT2D eigenvalue weighted by atomic mass is 32.1. The van der Waals surface area contributed by atoms with E-state index in [-0.39, 0.29) is 0 Å². The highest BCUT2D eigenvalue weighted by Gasteiger charge is 2.00. The van der Waals surface area contributed by atoms with Crippen LogP contribution in [0, 0.1) is 0 Å². The van der Waals surface area contributed by atoms with Crippen molar-refractivity contribution in [2.24, 2.45) is 0 Å². The highest BCUT2D eigenvalue weighted by molar-refractivity contribution is 7.17. The number of rotatable bonds is 1. The minimum Gasteiger partial charge on any atom is -0.283 e. The van der Waals surface area contributed by atoms with Gasteiger partial charge in [0.1, 0.15) is 5.69 Å². The normalized spacial score (nSPS) is 10.2. The Bertz CT molecular complexity index is 394. The Morgan fingerprint density at radius 1 is 1.45 bits per heavy atom. The molecule has 0 bridgehead atoms. The molecule has 0 aliphatic heterocycles. The van der Waals surface area contributed by atoms with Crippen molar-refractivity contribution in [3.8, 4) is 0 Å². The van der Waals surface area contributed by atoms with Gasteiger partial charge in [-0.3, -0.25) is 9.78 Å². The van der Waals surface area contributed by atoms with Gasteiger partial charge in [0.25, 0.3) is 6.29 Å². The molecule has 0 aromatic carbocycles. The molecule has 0 spiro atoms. The summed E-state index contributed by atoms with van der Waals surface area (Å²) in [4.78, 5) is 14.2. The van der Waals surface area contributed by atoms with Crippen LogP contribution in [-0.4, -0.2) is 11.3 Å². The number of fused-ring (bicyclic) bond motifs is 1. The van der Waals surface area contributed by atoms with Crippen LogP contribution in [0.2, 0.25) is 0 Å². The van der Waals surface area contributed by atoms with Crippen LogP contribution in [0.3, 0.4) is 0 Å². The molecule has 0 saturated heterocycles. The molecule has 53 valence electrons. The number of thiophene rings is 1. The van der Waals surface area contributed by atoms with Crippen LogP contribution >= 0.6 is 11.3 Å². The molecule has 2 heterocycles. The Morgan fingerprint density at radius 3 is 3.18 bits per heavy atom. The maximum Gasteiger partial charge on any atom is 0.254 e. The van der Waals surface area contributed by atoms with E-state index in [9.17, 15) is 4.79 Å². The average Bonchev–Trinajstić information content (AvgIpc) is 2.50. The smallest absolute Gasteiger partial charge is 0.254 e. The van der Waals surface area contributed by atoms with Crippen LogP contribution in [-0.2, 0) is 4.79 Å². The lowest BCUT2D eigenvalue weighted by Gasteiger charge is -1.89. The summed E-state index contributed by atoms with van der Waals surface area (Å²) >= 11 is 1.60. The van der Waals surface area contributed by atoms with Gasteiger partial charge in [0.05, 0.1) is 0 Å². The van der Waals surface area contributed by atoms with E-state index in [0.29, 0.717) is 5.69 Å². The van der Waals surface area contributed by atoms with Gasteiger partial charge in [0, 0.05) is 16.3 Å². The third-order valence-electron chi connectivity index (χ3n) is 1.48. The SMILES string of the molecule is O=[C]c1nccc2sccc12. The molecule has 0 fully saturated rings. The third-order valence-corrected chi connectivity index (χ3v) is 2.36. The van der Waals surface area contributed by atoms with Crippen molar-refractivity contribution in [1.82, 2.24) is 4.98 Å². The molecule has 2 rings (SSSR count). The zero-order valence-electron chi connectivity index (χ0n) is 5.57. The van der Waals surface area contributed by atoms with Crippen molar-refractivity contribution < 1.29 is 4.79 Å². The summed E-state index contributed by atoms with van der Waals surface area (Å²) in [6, 6.07) is 3.77. The molecule has 2 aromatic heterocycles. The Hall–Kier alpha value is -1.22. The van der Waals surface area contributed by atoms with Crippen LogP contribution in [0.4, 0.5) is 0 Å². The molecule has 0 aliphatic carbocycles. The number of aromatic nitrogens is 1. The topological polar surface area (TPSA) is 30.0 Å². The molecule has 0 unspecified atom stereocenters. The van der Waals surface area contributed by atoms with E-state index in [1.165, 1.54) is 0 Å². The molecule has 11 heavy (non-hydrogen) atoms. The second-order valence-corrected chi connectivity index (χ2v) is 3.04. The molecule has 0 amide bonds. The maximum atomic E-state index is 10.3. The van der Waals surface area contributed by atoms with Crippen LogP contribution in [0.15, 0.2) is 23.7 Å². The molecular formula is C8H4NOS. The number of hydrogen-bond donors (Lipinski definition) is 0. The van der Waals surface area contributed by atoms with Gasteiger partial charge in [0.15, 0.2) is 0 Å². The van der Waals surface area contributed by atoms with Crippen LogP contribution in [0.25, 0.3) is 10.1 Å². The van der Waals surface area contributed by atoms with Crippen molar-refractivity contribution in [3.05, 3.63) is 29.4 Å². The van der Waals surface area contributed by atoms with Gasteiger partial charge in [-0.05, 0) is 17.5 Å². The lowest BCUT2D eigenvalue weighted by atomic mass is 10.2. The summed E-state index contributed by atoms with van der Waals surface area (Å²) < 4.78 is 1.08. The van der Waals surface area contributed by atoms with Crippen molar-refractivity contribution in [1.29, 1.82) is 0 Å². The fourth-order valence-electron chi connectivity index (χ4n) is 0.976. The average molecular weight is 162 g/mol. The first-order valence-electron chi connectivity index (χ1n) is 3.12. The van der Waals surface area contributed by atoms with Gasteiger partial charge >= 0.3 is 0 Å². The quantitative estimate of drug-likeness (QED) is 0.639. The van der Waals surface area contributed by atoms with E-state index >= 15 is 0 Å². The summed E-state index contributed by atoms with van der Waals surface area (Å²) in [6.45, 7) is 0. The fourth-order valence-corrected chi connectivity index (χ4v) is 1.76. The van der Waals surface area contributed by atoms with Crippen molar-refractivity contribution in [2.45, 2.75) is 0 Å². The number of pyridine rings is 1. The molecule has 1 radical (unpaired) electrons. The first-order valence-corrected chi connectivity index (χ1v) is 4.00. The minimum atomic E-state index is 0.406. The van der Waals surface area contributed by atoms with E-state index in [4.69, 9.17) is 0 Å². The Labute approximate surface area is 67.5 Å². The Morgan fingerprint density at radius 2 is 2.36 bits per heavy atom. The van der Waals surface area contributed by atoms with Crippen LogP contribution in [0.5, 0.6) is 0 Å². The zero-order chi connectivity index (χ0) is 7.68. The first-order chi connectivity index (χ1) is 5.42. The predicted octanol–water partition coefficient (Wildman–Crippen LogP) is 1.75. The molecular weight excluding hydrogens is 158 g/mol. The Balaban J connectivity index is 2.88. The summed E-state index contributed by atoms with van der Waals surface area (Å²) in [5, 5.41) is 2.83. The molecule has 0 atom stereocenters. The second-order valence-electron chi connectivity index (χ2n) is 2.09. The molecule has 0 saturated carbocycles. The largest absolute Gasteiger partial charge is 0.283 e. The van der Waals surface area contributed by atoms with Gasteiger partial charge in [-0.1, -0.05) is 0 Å². The number of hydrogen-bond acceptors (Lipinski definition) is 3. The zero-order valence-corrected chi connectivity index (χ0v) is 6.39. The third kappa shape index (κ3) is 0.935. The van der Waals surface area contributed by atoms with Gasteiger partial charge in [0.2, 0.25) is 0 Å². The minimum absolute atomic E-state index is 0.406. The van der Waals surface area contributed by atoms with Crippen LogP contribution in [0.1, 0.15) is 5.69 Å². The summed E-state index contributed by atoms with van der Waals surface area (Å²) in [5.74, 6) is 0. The number of nitrogens with zero attached hydrogens (tertiary/aromatic N) is 1. The Kier molecular flexibility index (Phi) is 1.43. The van der Waals surface area contributed by atoms with Gasteiger partial charge in [-0.15, -0.1) is 11.3 Å². The molecule has 2 nitrogen and oxygen atoms in total. The van der Waals surface area contributed by atoms with Crippen molar-refractivity contribution in [3.63, 3.8) is 0 Å². The molecule has 0 aliphatic rings. The lowest BCUT2D eigenvalue weighted by molar-refractivity contribution is 0.562. The summed E-state index contributed by atoms with van der Waals surface area (Å²) in [7, 11) is 0. The van der Waals surface area contributed by atoms with Crippen LogP contribution < -0.4 is 0 Å². The first kappa shape index (κ1) is 6.49. The monoisotopic (exact) mass is 162 g/mol. The van der Waals surface area contributed by atoms with E-state index in [0.717, 1.165) is 10.1 Å². The summed E-state index contributed by atoms with van der Waals surface area (Å²) in [6.07, 6.45) is 3.43. The maximum absolute atomic E-state index is 10.3. The molecule has 2 aromatic rings. The molecule has 3 heteroatoms. The van der Waals surface area contributed by atoms with E-state index < -0.39 is 0 Å². The van der Waals surface area contributed by atoms with Gasteiger partial charge < -0.3 is 0 Å². The van der Waals surface area contributed by atoms with Gasteiger partial charge in [-0.2, -0.15) is 0 Å². The lowest BCUT2D eigenvalue weighted by Crippen LogP contribution is -1.84. The number of carbonyl (C=O) groups excluding carboxylic acids is 1.